The van der Waals surface area contributed by atoms with Gasteiger partial charge in [0.25, 0.3) is 0 Å². The van der Waals surface area contributed by atoms with Crippen LogP contribution in [0.25, 0.3) is 0 Å². The molecular weight excluding hydrogens is 188 g/mol. The summed E-state index contributed by atoms with van der Waals surface area (Å²) in [6, 6.07) is 1.96. The van der Waals surface area contributed by atoms with E-state index < -0.39 is 0 Å². The lowest BCUT2D eigenvalue weighted by Crippen LogP contribution is -2.04. The Kier molecular flexibility index (Phi) is 3.52. The molecule has 4 N–H and O–H groups in total. The van der Waals surface area contributed by atoms with Gasteiger partial charge in [-0.2, -0.15) is 5.26 Å². The van der Waals surface area contributed by atoms with E-state index in [1.807, 2.05) is 6.07 Å². The number of hydrogen-bond donors (Lipinski definition) is 2. The van der Waals surface area contributed by atoms with E-state index in [-0.39, 0.29) is 18.2 Å². The van der Waals surface area contributed by atoms with Gasteiger partial charge in [0.1, 0.15) is 11.9 Å². The number of halogens is 1. The molecule has 13 heavy (non-hydrogen) atoms. The van der Waals surface area contributed by atoms with E-state index in [1.54, 1.807) is 13.8 Å². The van der Waals surface area contributed by atoms with Crippen molar-refractivity contribution >= 4 is 23.9 Å². The van der Waals surface area contributed by atoms with Crippen LogP contribution in [0.5, 0.6) is 0 Å². The standard InChI is InChI=1S/C8H10N4.ClH/c1-4-6(3-9)8(11)12-5(2)7(4)10;/h10H2,1-2H3,(H2,11,12);1H. The van der Waals surface area contributed by atoms with Crippen LogP contribution in [0.15, 0.2) is 0 Å². The fraction of sp³-hybridized carbons (Fsp3) is 0.250. The summed E-state index contributed by atoms with van der Waals surface area (Å²) in [6.45, 7) is 3.53. The highest BCUT2D eigenvalue weighted by molar-refractivity contribution is 5.85. The maximum Gasteiger partial charge on any atom is 0.142 e. The van der Waals surface area contributed by atoms with Gasteiger partial charge in [0.15, 0.2) is 0 Å². The molecule has 0 aliphatic rings. The molecule has 4 nitrogen and oxygen atoms in total. The van der Waals surface area contributed by atoms with E-state index in [2.05, 4.69) is 4.98 Å². The van der Waals surface area contributed by atoms with Crippen LogP contribution in [0, 0.1) is 25.2 Å². The number of nitrogens with two attached hydrogens (primary N) is 2. The predicted octanol–water partition coefficient (Wildman–Crippen LogP) is 1.16. The molecule has 0 radical (unpaired) electrons. The molecule has 0 saturated carbocycles. The third-order valence-corrected chi connectivity index (χ3v) is 1.82. The Morgan fingerprint density at radius 1 is 1.31 bits per heavy atom. The minimum atomic E-state index is 0. The molecule has 0 bridgehead atoms. The van der Waals surface area contributed by atoms with Crippen LogP contribution in [0.3, 0.4) is 0 Å². The second-order valence-corrected chi connectivity index (χ2v) is 2.61. The summed E-state index contributed by atoms with van der Waals surface area (Å²) >= 11 is 0. The van der Waals surface area contributed by atoms with Gasteiger partial charge in [-0.15, -0.1) is 12.4 Å². The Hall–Kier alpha value is -1.47. The van der Waals surface area contributed by atoms with Gasteiger partial charge in [-0.05, 0) is 19.4 Å². The van der Waals surface area contributed by atoms with Crippen molar-refractivity contribution in [3.63, 3.8) is 0 Å². The minimum Gasteiger partial charge on any atom is -0.397 e. The molecule has 0 spiro atoms. The van der Waals surface area contributed by atoms with E-state index >= 15 is 0 Å². The number of rotatable bonds is 0. The topological polar surface area (TPSA) is 88.7 Å². The minimum absolute atomic E-state index is 0. The van der Waals surface area contributed by atoms with Crippen LogP contribution in [-0.4, -0.2) is 4.98 Å². The number of nitriles is 1. The van der Waals surface area contributed by atoms with Gasteiger partial charge >= 0.3 is 0 Å². The molecule has 1 heterocycles. The first-order valence-electron chi connectivity index (χ1n) is 3.50. The molecule has 0 aliphatic carbocycles. The van der Waals surface area contributed by atoms with Gasteiger partial charge in [-0.3, -0.25) is 0 Å². The average Bonchev–Trinajstić information content (AvgIpc) is 2.01. The highest BCUT2D eigenvalue weighted by Gasteiger charge is 2.09. The number of pyridine rings is 1. The van der Waals surface area contributed by atoms with Crippen molar-refractivity contribution in [3.05, 3.63) is 16.8 Å². The highest BCUT2D eigenvalue weighted by atomic mass is 35.5. The third-order valence-electron chi connectivity index (χ3n) is 1.82. The quantitative estimate of drug-likeness (QED) is 0.655. The summed E-state index contributed by atoms with van der Waals surface area (Å²) in [5, 5.41) is 8.69. The Balaban J connectivity index is 0.00000144. The SMILES string of the molecule is Cc1nc(N)c(C#N)c(C)c1N.Cl. The van der Waals surface area contributed by atoms with Crippen molar-refractivity contribution in [2.24, 2.45) is 0 Å². The third kappa shape index (κ3) is 1.82. The Morgan fingerprint density at radius 2 is 1.85 bits per heavy atom. The van der Waals surface area contributed by atoms with Crippen LogP contribution in [0.1, 0.15) is 16.8 Å². The lowest BCUT2D eigenvalue weighted by Gasteiger charge is -2.06. The number of aromatic nitrogens is 1. The van der Waals surface area contributed by atoms with Crippen molar-refractivity contribution in [3.8, 4) is 6.07 Å². The molecule has 0 atom stereocenters. The number of nitrogens with zero attached hydrogens (tertiary/aromatic N) is 2. The largest absolute Gasteiger partial charge is 0.397 e. The maximum absolute atomic E-state index is 8.69. The smallest absolute Gasteiger partial charge is 0.142 e. The van der Waals surface area contributed by atoms with Gasteiger partial charge < -0.3 is 11.5 Å². The molecule has 1 aromatic heterocycles. The molecule has 0 unspecified atom stereocenters. The van der Waals surface area contributed by atoms with E-state index in [0.717, 1.165) is 0 Å². The Labute approximate surface area is 83.0 Å². The zero-order valence-corrected chi connectivity index (χ0v) is 8.27. The van der Waals surface area contributed by atoms with Crippen LogP contribution in [-0.2, 0) is 0 Å². The summed E-state index contributed by atoms with van der Waals surface area (Å²) < 4.78 is 0. The highest BCUT2D eigenvalue weighted by Crippen LogP contribution is 2.21. The average molecular weight is 199 g/mol. The van der Waals surface area contributed by atoms with Crippen molar-refractivity contribution in [2.45, 2.75) is 13.8 Å². The molecule has 0 saturated heterocycles. The predicted molar refractivity (Wildman–Crippen MR) is 54.5 cm³/mol. The van der Waals surface area contributed by atoms with Crippen LogP contribution >= 0.6 is 12.4 Å². The van der Waals surface area contributed by atoms with E-state index in [1.165, 1.54) is 0 Å². The molecule has 0 aromatic carbocycles. The second-order valence-electron chi connectivity index (χ2n) is 2.61. The van der Waals surface area contributed by atoms with Crippen molar-refractivity contribution in [2.75, 3.05) is 11.5 Å². The lowest BCUT2D eigenvalue weighted by atomic mass is 10.1. The fourth-order valence-electron chi connectivity index (χ4n) is 1.04. The van der Waals surface area contributed by atoms with Crippen molar-refractivity contribution in [1.29, 1.82) is 5.26 Å². The molecule has 0 amide bonds. The summed E-state index contributed by atoms with van der Waals surface area (Å²) in [4.78, 5) is 3.94. The van der Waals surface area contributed by atoms with Gasteiger partial charge in [0, 0.05) is 0 Å². The number of nitrogen functional groups attached to an aromatic ring is 2. The van der Waals surface area contributed by atoms with E-state index in [0.29, 0.717) is 22.5 Å². The van der Waals surface area contributed by atoms with Crippen molar-refractivity contribution in [1.82, 2.24) is 4.98 Å². The zero-order valence-electron chi connectivity index (χ0n) is 7.46. The first kappa shape index (κ1) is 11.5. The molecule has 1 rings (SSSR count). The summed E-state index contributed by atoms with van der Waals surface area (Å²) in [6.07, 6.45) is 0. The maximum atomic E-state index is 8.69. The monoisotopic (exact) mass is 198 g/mol. The zero-order chi connectivity index (χ0) is 9.30. The Morgan fingerprint density at radius 3 is 2.31 bits per heavy atom. The fourth-order valence-corrected chi connectivity index (χ4v) is 1.04. The number of aryl methyl sites for hydroxylation is 1. The van der Waals surface area contributed by atoms with Crippen molar-refractivity contribution < 1.29 is 0 Å². The van der Waals surface area contributed by atoms with E-state index in [4.69, 9.17) is 16.7 Å². The summed E-state index contributed by atoms with van der Waals surface area (Å²) in [7, 11) is 0. The van der Waals surface area contributed by atoms with Gasteiger partial charge in [-0.25, -0.2) is 4.98 Å². The first-order chi connectivity index (χ1) is 5.57. The van der Waals surface area contributed by atoms with E-state index in [9.17, 15) is 0 Å². The first-order valence-corrected chi connectivity index (χ1v) is 3.50. The number of hydrogen-bond acceptors (Lipinski definition) is 4. The molecule has 70 valence electrons. The summed E-state index contributed by atoms with van der Waals surface area (Å²) in [5.41, 5.74) is 13.5. The summed E-state index contributed by atoms with van der Waals surface area (Å²) in [5.74, 6) is 0.252. The molecule has 0 fully saturated rings. The molecule has 1 aromatic rings. The van der Waals surface area contributed by atoms with Crippen LogP contribution < -0.4 is 11.5 Å². The second kappa shape index (κ2) is 3.97. The van der Waals surface area contributed by atoms with Gasteiger partial charge in [0.05, 0.1) is 16.9 Å². The molecular formula is C8H11ClN4. The molecule has 0 aliphatic heterocycles. The van der Waals surface area contributed by atoms with Gasteiger partial charge in [-0.1, -0.05) is 0 Å². The van der Waals surface area contributed by atoms with Crippen LogP contribution in [0.4, 0.5) is 11.5 Å². The van der Waals surface area contributed by atoms with Gasteiger partial charge in [0.2, 0.25) is 0 Å². The van der Waals surface area contributed by atoms with Crippen LogP contribution in [0.2, 0.25) is 0 Å². The normalized spacial score (nSPS) is 8.69. The lowest BCUT2D eigenvalue weighted by molar-refractivity contribution is 1.18. The number of anilines is 2. The Bertz CT molecular complexity index is 367. The molecule has 5 heteroatoms.